The van der Waals surface area contributed by atoms with Crippen molar-refractivity contribution in [3.8, 4) is 11.6 Å². The second-order valence-electron chi connectivity index (χ2n) is 3.31. The second kappa shape index (κ2) is 4.84. The van der Waals surface area contributed by atoms with E-state index in [2.05, 4.69) is 4.98 Å². The number of nitrogens with one attached hydrogen (secondary N) is 1. The van der Waals surface area contributed by atoms with Crippen molar-refractivity contribution in [1.82, 2.24) is 4.98 Å². The van der Waals surface area contributed by atoms with Crippen LogP contribution in [0.4, 0.5) is 0 Å². The maximum Gasteiger partial charge on any atom is 0.238 e. The van der Waals surface area contributed by atoms with Crippen molar-refractivity contribution in [1.29, 1.82) is 5.41 Å². The van der Waals surface area contributed by atoms with Crippen molar-refractivity contribution < 1.29 is 4.74 Å². The summed E-state index contributed by atoms with van der Waals surface area (Å²) in [7, 11) is 0. The van der Waals surface area contributed by atoms with Crippen LogP contribution in [0, 0.1) is 5.41 Å². The van der Waals surface area contributed by atoms with Crippen molar-refractivity contribution in [2.75, 3.05) is 0 Å². The number of halogens is 1. The minimum Gasteiger partial charge on any atom is -0.438 e. The molecule has 17 heavy (non-hydrogen) atoms. The van der Waals surface area contributed by atoms with Crippen molar-refractivity contribution in [2.24, 2.45) is 5.73 Å². The van der Waals surface area contributed by atoms with E-state index in [9.17, 15) is 0 Å². The standard InChI is InChI=1S/C12H10ClN3O/c13-10-9(11(14)15)6-7-16-12(10)17-8-4-2-1-3-5-8/h1-7H,(H3,14,15). The van der Waals surface area contributed by atoms with Crippen LogP contribution in [0.3, 0.4) is 0 Å². The number of nitrogen functional groups attached to an aromatic ring is 1. The quantitative estimate of drug-likeness (QED) is 0.647. The maximum absolute atomic E-state index is 7.36. The second-order valence-corrected chi connectivity index (χ2v) is 3.68. The van der Waals surface area contributed by atoms with E-state index in [-0.39, 0.29) is 16.7 Å². The predicted molar refractivity (Wildman–Crippen MR) is 66.8 cm³/mol. The molecule has 0 amide bonds. The lowest BCUT2D eigenvalue weighted by Gasteiger charge is -2.08. The summed E-state index contributed by atoms with van der Waals surface area (Å²) in [5.74, 6) is 0.753. The minimum atomic E-state index is -0.115. The molecule has 0 saturated heterocycles. The van der Waals surface area contributed by atoms with Gasteiger partial charge in [-0.1, -0.05) is 29.8 Å². The molecule has 3 N–H and O–H groups in total. The third-order valence-electron chi connectivity index (χ3n) is 2.11. The zero-order valence-corrected chi connectivity index (χ0v) is 9.61. The molecule has 0 atom stereocenters. The average Bonchev–Trinajstić information content (AvgIpc) is 2.33. The molecule has 2 aromatic rings. The molecule has 2 rings (SSSR count). The first-order chi connectivity index (χ1) is 8.18. The average molecular weight is 248 g/mol. The number of rotatable bonds is 3. The van der Waals surface area contributed by atoms with Crippen molar-refractivity contribution in [3.05, 3.63) is 53.2 Å². The van der Waals surface area contributed by atoms with Crippen LogP contribution in [0.5, 0.6) is 11.6 Å². The van der Waals surface area contributed by atoms with Gasteiger partial charge in [0.05, 0.1) is 0 Å². The first kappa shape index (κ1) is 11.4. The highest BCUT2D eigenvalue weighted by molar-refractivity contribution is 6.35. The van der Waals surface area contributed by atoms with Gasteiger partial charge in [-0.05, 0) is 18.2 Å². The highest BCUT2D eigenvalue weighted by Gasteiger charge is 2.11. The molecule has 1 heterocycles. The molecule has 0 aliphatic rings. The van der Waals surface area contributed by atoms with Crippen LogP contribution in [0.15, 0.2) is 42.6 Å². The molecule has 0 radical (unpaired) electrons. The number of ether oxygens (including phenoxy) is 1. The Kier molecular flexibility index (Phi) is 3.25. The van der Waals surface area contributed by atoms with Gasteiger partial charge < -0.3 is 10.5 Å². The number of nitrogens with zero attached hydrogens (tertiary/aromatic N) is 1. The number of hydrogen-bond acceptors (Lipinski definition) is 3. The molecule has 0 saturated carbocycles. The molecule has 86 valence electrons. The molecule has 0 aliphatic heterocycles. The van der Waals surface area contributed by atoms with Gasteiger partial charge in [-0.2, -0.15) is 0 Å². The number of aromatic nitrogens is 1. The van der Waals surface area contributed by atoms with Gasteiger partial charge in [0.25, 0.3) is 0 Å². The normalized spacial score (nSPS) is 9.94. The summed E-state index contributed by atoms with van der Waals surface area (Å²) < 4.78 is 5.50. The maximum atomic E-state index is 7.36. The Bertz CT molecular complexity index is 543. The zero-order chi connectivity index (χ0) is 12.3. The fourth-order valence-corrected chi connectivity index (χ4v) is 1.56. The summed E-state index contributed by atoms with van der Waals surface area (Å²) >= 11 is 6.05. The molecule has 0 unspecified atom stereocenters. The lowest BCUT2D eigenvalue weighted by molar-refractivity contribution is 0.463. The number of amidine groups is 1. The van der Waals surface area contributed by atoms with Crippen LogP contribution in [-0.4, -0.2) is 10.8 Å². The third-order valence-corrected chi connectivity index (χ3v) is 2.47. The highest BCUT2D eigenvalue weighted by Crippen LogP contribution is 2.29. The van der Waals surface area contributed by atoms with Crippen LogP contribution in [0.2, 0.25) is 5.02 Å². The lowest BCUT2D eigenvalue weighted by atomic mass is 10.2. The third kappa shape index (κ3) is 2.54. The van der Waals surface area contributed by atoms with Gasteiger partial charge in [0.1, 0.15) is 16.6 Å². The molecule has 4 nitrogen and oxygen atoms in total. The summed E-state index contributed by atoms with van der Waals surface area (Å²) in [4.78, 5) is 4.01. The highest BCUT2D eigenvalue weighted by atomic mass is 35.5. The van der Waals surface area contributed by atoms with Gasteiger partial charge in [-0.3, -0.25) is 5.41 Å². The van der Waals surface area contributed by atoms with E-state index in [1.807, 2.05) is 18.2 Å². The van der Waals surface area contributed by atoms with Gasteiger partial charge in [0, 0.05) is 11.8 Å². The van der Waals surface area contributed by atoms with Gasteiger partial charge in [0.15, 0.2) is 0 Å². The molecule has 0 fully saturated rings. The molecular formula is C12H10ClN3O. The van der Waals surface area contributed by atoms with Crippen molar-refractivity contribution in [2.45, 2.75) is 0 Å². The lowest BCUT2D eigenvalue weighted by Crippen LogP contribution is -2.12. The molecule has 0 spiro atoms. The van der Waals surface area contributed by atoms with Crippen LogP contribution in [-0.2, 0) is 0 Å². The van der Waals surface area contributed by atoms with Crippen LogP contribution < -0.4 is 10.5 Å². The molecule has 1 aromatic carbocycles. The van der Waals surface area contributed by atoms with E-state index in [1.54, 1.807) is 18.2 Å². The number of benzene rings is 1. The molecule has 5 heteroatoms. The summed E-state index contributed by atoms with van der Waals surface area (Å²) in [5, 5.41) is 7.60. The zero-order valence-electron chi connectivity index (χ0n) is 8.85. The van der Waals surface area contributed by atoms with Gasteiger partial charge in [-0.25, -0.2) is 4.98 Å². The Balaban J connectivity index is 2.34. The van der Waals surface area contributed by atoms with Crippen LogP contribution in [0.1, 0.15) is 5.56 Å². The monoisotopic (exact) mass is 247 g/mol. The SMILES string of the molecule is N=C(N)c1ccnc(Oc2ccccc2)c1Cl. The molecule has 0 bridgehead atoms. The van der Waals surface area contributed by atoms with E-state index in [1.165, 1.54) is 6.20 Å². The Morgan fingerprint density at radius 1 is 1.24 bits per heavy atom. The first-order valence-electron chi connectivity index (χ1n) is 4.90. The number of para-hydroxylation sites is 1. The minimum absolute atomic E-state index is 0.115. The first-order valence-corrected chi connectivity index (χ1v) is 5.28. The largest absolute Gasteiger partial charge is 0.438 e. The topological polar surface area (TPSA) is 72.0 Å². The summed E-state index contributed by atoms with van der Waals surface area (Å²) in [5.41, 5.74) is 5.80. The molecular weight excluding hydrogens is 238 g/mol. The Morgan fingerprint density at radius 2 is 1.94 bits per heavy atom. The number of nitrogens with two attached hydrogens (primary N) is 1. The van der Waals surface area contributed by atoms with E-state index < -0.39 is 0 Å². The number of pyridine rings is 1. The summed E-state index contributed by atoms with van der Waals surface area (Å²) in [6, 6.07) is 10.7. The van der Waals surface area contributed by atoms with E-state index in [0.29, 0.717) is 11.3 Å². The smallest absolute Gasteiger partial charge is 0.238 e. The van der Waals surface area contributed by atoms with Crippen LogP contribution >= 0.6 is 11.6 Å². The predicted octanol–water partition coefficient (Wildman–Crippen LogP) is 2.81. The van der Waals surface area contributed by atoms with Gasteiger partial charge in [0.2, 0.25) is 5.88 Å². The fourth-order valence-electron chi connectivity index (χ4n) is 1.30. The van der Waals surface area contributed by atoms with Crippen molar-refractivity contribution in [3.63, 3.8) is 0 Å². The van der Waals surface area contributed by atoms with Gasteiger partial charge in [-0.15, -0.1) is 0 Å². The fraction of sp³-hybridized carbons (Fsp3) is 0. The van der Waals surface area contributed by atoms with Crippen LogP contribution in [0.25, 0.3) is 0 Å². The Labute approximate surface area is 104 Å². The Hall–Kier alpha value is -2.07. The summed E-state index contributed by atoms with van der Waals surface area (Å²) in [6.45, 7) is 0. The Morgan fingerprint density at radius 3 is 2.59 bits per heavy atom. The van der Waals surface area contributed by atoms with E-state index in [4.69, 9.17) is 27.5 Å². The molecule has 0 aliphatic carbocycles. The van der Waals surface area contributed by atoms with Crippen molar-refractivity contribution >= 4 is 17.4 Å². The molecule has 1 aromatic heterocycles. The van der Waals surface area contributed by atoms with E-state index in [0.717, 1.165) is 0 Å². The van der Waals surface area contributed by atoms with Gasteiger partial charge >= 0.3 is 0 Å². The van der Waals surface area contributed by atoms with E-state index >= 15 is 0 Å². The number of hydrogen-bond donors (Lipinski definition) is 2. The summed E-state index contributed by atoms with van der Waals surface area (Å²) in [6.07, 6.45) is 1.50.